The number of nitrogens with one attached hydrogen (secondary N) is 1. The lowest BCUT2D eigenvalue weighted by atomic mass is 9.86. The first-order valence-electron chi connectivity index (χ1n) is 9.13. The third kappa shape index (κ3) is 5.05. The molecule has 1 aromatic carbocycles. The van der Waals surface area contributed by atoms with Crippen LogP contribution in [-0.2, 0) is 16.1 Å². The molecule has 148 valence electrons. The molecule has 1 heterocycles. The van der Waals surface area contributed by atoms with Crippen LogP contribution >= 0.6 is 0 Å². The lowest BCUT2D eigenvalue weighted by molar-refractivity contribution is -0.145. The second kappa shape index (κ2) is 8.50. The van der Waals surface area contributed by atoms with Crippen LogP contribution in [0.15, 0.2) is 24.3 Å². The van der Waals surface area contributed by atoms with Crippen molar-refractivity contribution in [1.82, 2.24) is 15.1 Å². The number of alkyl halides is 1. The van der Waals surface area contributed by atoms with Gasteiger partial charge >= 0.3 is 5.97 Å². The summed E-state index contributed by atoms with van der Waals surface area (Å²) in [5.74, 6) is -0.939. The zero-order chi connectivity index (χ0) is 20.2. The van der Waals surface area contributed by atoms with Crippen LogP contribution in [0.2, 0.25) is 0 Å². The van der Waals surface area contributed by atoms with Gasteiger partial charge in [0.15, 0.2) is 5.69 Å². The van der Waals surface area contributed by atoms with Crippen molar-refractivity contribution in [2.24, 2.45) is 5.41 Å². The number of aromatic nitrogens is 2. The van der Waals surface area contributed by atoms with Crippen molar-refractivity contribution in [2.75, 3.05) is 7.11 Å². The molecule has 27 heavy (non-hydrogen) atoms. The van der Waals surface area contributed by atoms with Crippen molar-refractivity contribution in [3.8, 4) is 0 Å². The molecule has 0 unspecified atom stereocenters. The summed E-state index contributed by atoms with van der Waals surface area (Å²) in [4.78, 5) is 25.0. The van der Waals surface area contributed by atoms with Crippen LogP contribution in [-0.4, -0.2) is 41.0 Å². The number of hydrogen-bond acceptors (Lipinski definition) is 4. The molecule has 1 N–H and O–H groups in total. The molecular formula is C20H28FN3O3. The third-order valence-electron chi connectivity index (χ3n) is 4.42. The van der Waals surface area contributed by atoms with Crippen LogP contribution in [0.1, 0.15) is 51.0 Å². The first-order valence-corrected chi connectivity index (χ1v) is 9.13. The Balaban J connectivity index is 2.31. The van der Waals surface area contributed by atoms with Crippen molar-refractivity contribution in [3.05, 3.63) is 30.0 Å². The topological polar surface area (TPSA) is 73.2 Å². The molecular weight excluding hydrogens is 349 g/mol. The van der Waals surface area contributed by atoms with E-state index in [9.17, 15) is 14.0 Å². The maximum absolute atomic E-state index is 13.1. The normalized spacial score (nSPS) is 14.0. The maximum Gasteiger partial charge on any atom is 0.328 e. The van der Waals surface area contributed by atoms with Crippen molar-refractivity contribution < 1.29 is 18.7 Å². The number of carbonyl (C=O) groups excluding carboxylic acids is 2. The number of rotatable bonds is 7. The first kappa shape index (κ1) is 20.9. The number of halogens is 1. The van der Waals surface area contributed by atoms with Gasteiger partial charge in [-0.15, -0.1) is 0 Å². The van der Waals surface area contributed by atoms with E-state index < -0.39 is 29.5 Å². The molecule has 0 fully saturated rings. The van der Waals surface area contributed by atoms with E-state index in [1.54, 1.807) is 4.68 Å². The highest BCUT2D eigenvalue weighted by molar-refractivity contribution is 6.06. The Hall–Kier alpha value is -2.44. The molecule has 0 spiro atoms. The molecule has 2 aromatic rings. The van der Waals surface area contributed by atoms with E-state index in [2.05, 4.69) is 10.4 Å². The summed E-state index contributed by atoms with van der Waals surface area (Å²) in [6.45, 7) is 7.60. The molecule has 0 radical (unpaired) electrons. The Morgan fingerprint density at radius 3 is 2.56 bits per heavy atom. The predicted octanol–water partition coefficient (Wildman–Crippen LogP) is 3.49. The number of methoxy groups -OCH3 is 1. The Kier molecular flexibility index (Phi) is 6.57. The highest BCUT2D eigenvalue weighted by atomic mass is 19.1. The maximum atomic E-state index is 13.1. The zero-order valence-electron chi connectivity index (χ0n) is 16.6. The molecule has 0 saturated carbocycles. The lowest BCUT2D eigenvalue weighted by Crippen LogP contribution is -2.49. The molecule has 0 saturated heterocycles. The summed E-state index contributed by atoms with van der Waals surface area (Å²) >= 11 is 0. The summed E-state index contributed by atoms with van der Waals surface area (Å²) < 4.78 is 19.6. The van der Waals surface area contributed by atoms with Gasteiger partial charge in [0.25, 0.3) is 5.91 Å². The van der Waals surface area contributed by atoms with E-state index in [0.29, 0.717) is 24.8 Å². The fourth-order valence-corrected chi connectivity index (χ4v) is 2.93. The number of benzene rings is 1. The highest BCUT2D eigenvalue weighted by Gasteiger charge is 2.34. The summed E-state index contributed by atoms with van der Waals surface area (Å²) in [6, 6.07) is 6.59. The van der Waals surface area contributed by atoms with E-state index in [1.165, 1.54) is 14.0 Å². The van der Waals surface area contributed by atoms with Gasteiger partial charge in [-0.25, -0.2) is 9.18 Å². The quantitative estimate of drug-likeness (QED) is 0.750. The van der Waals surface area contributed by atoms with E-state index in [1.807, 2.05) is 45.0 Å². The number of fused-ring (bicyclic) bond motifs is 1. The monoisotopic (exact) mass is 377 g/mol. The van der Waals surface area contributed by atoms with Crippen molar-refractivity contribution in [1.29, 1.82) is 0 Å². The Morgan fingerprint density at radius 2 is 1.96 bits per heavy atom. The van der Waals surface area contributed by atoms with Gasteiger partial charge in [-0.1, -0.05) is 39.0 Å². The van der Waals surface area contributed by atoms with Crippen LogP contribution in [0, 0.1) is 5.41 Å². The predicted molar refractivity (Wildman–Crippen MR) is 102 cm³/mol. The molecule has 1 aromatic heterocycles. The highest BCUT2D eigenvalue weighted by Crippen LogP contribution is 2.23. The van der Waals surface area contributed by atoms with Gasteiger partial charge in [0.1, 0.15) is 6.04 Å². The van der Waals surface area contributed by atoms with E-state index in [-0.39, 0.29) is 5.69 Å². The largest absolute Gasteiger partial charge is 0.467 e. The summed E-state index contributed by atoms with van der Waals surface area (Å²) in [5, 5.41) is 7.89. The Bertz CT molecular complexity index is 808. The van der Waals surface area contributed by atoms with Crippen LogP contribution < -0.4 is 5.32 Å². The minimum Gasteiger partial charge on any atom is -0.467 e. The molecule has 6 nitrogen and oxygen atoms in total. The van der Waals surface area contributed by atoms with E-state index in [4.69, 9.17) is 4.74 Å². The molecule has 2 atom stereocenters. The van der Waals surface area contributed by atoms with Gasteiger partial charge in [0, 0.05) is 11.9 Å². The average molecular weight is 377 g/mol. The van der Waals surface area contributed by atoms with Crippen LogP contribution in [0.3, 0.4) is 0 Å². The van der Waals surface area contributed by atoms with Crippen molar-refractivity contribution >= 4 is 22.8 Å². The van der Waals surface area contributed by atoms with Gasteiger partial charge in [0.2, 0.25) is 0 Å². The molecule has 0 bridgehead atoms. The number of para-hydroxylation sites is 1. The SMILES string of the molecule is COC(=O)[C@@H](NC(=O)c1nn(CCC[C@@H](C)F)c2ccccc12)C(C)(C)C. The van der Waals surface area contributed by atoms with E-state index in [0.717, 1.165) is 5.52 Å². The smallest absolute Gasteiger partial charge is 0.328 e. The van der Waals surface area contributed by atoms with Gasteiger partial charge in [-0.05, 0) is 31.2 Å². The molecule has 2 rings (SSSR count). The zero-order valence-corrected chi connectivity index (χ0v) is 16.6. The Labute approximate surface area is 159 Å². The standard InChI is InChI=1S/C20H28FN3O3/c1-13(21)9-8-12-24-15-11-7-6-10-14(15)16(23-24)18(25)22-17(19(26)27-5)20(2,3)4/h6-7,10-11,13,17H,8-9,12H2,1-5H3,(H,22,25)/t13-,17-/m1/s1. The van der Waals surface area contributed by atoms with Crippen molar-refractivity contribution in [3.63, 3.8) is 0 Å². The summed E-state index contributed by atoms with van der Waals surface area (Å²) in [6.07, 6.45) is 0.184. The number of nitrogens with zero attached hydrogens (tertiary/aromatic N) is 2. The van der Waals surface area contributed by atoms with Gasteiger partial charge in [-0.3, -0.25) is 9.48 Å². The fourth-order valence-electron chi connectivity index (χ4n) is 2.93. The molecule has 0 aliphatic heterocycles. The van der Waals surface area contributed by atoms with Crippen LogP contribution in [0.5, 0.6) is 0 Å². The number of hydrogen-bond donors (Lipinski definition) is 1. The summed E-state index contributed by atoms with van der Waals surface area (Å²) in [5.41, 5.74) is 0.537. The number of esters is 1. The van der Waals surface area contributed by atoms with Gasteiger partial charge in [0.05, 0.1) is 18.8 Å². The Morgan fingerprint density at radius 1 is 1.30 bits per heavy atom. The summed E-state index contributed by atoms with van der Waals surface area (Å²) in [7, 11) is 1.29. The second-order valence-electron chi connectivity index (χ2n) is 7.81. The minimum atomic E-state index is -0.873. The van der Waals surface area contributed by atoms with Crippen LogP contribution in [0.4, 0.5) is 4.39 Å². The number of ether oxygens (including phenoxy) is 1. The minimum absolute atomic E-state index is 0.247. The fraction of sp³-hybridized carbons (Fsp3) is 0.550. The lowest BCUT2D eigenvalue weighted by Gasteiger charge is -2.28. The third-order valence-corrected chi connectivity index (χ3v) is 4.42. The van der Waals surface area contributed by atoms with Gasteiger partial charge in [-0.2, -0.15) is 5.10 Å². The molecule has 7 heteroatoms. The number of carbonyl (C=O) groups is 2. The molecule has 0 aliphatic rings. The molecule has 1 amide bonds. The molecule has 0 aliphatic carbocycles. The van der Waals surface area contributed by atoms with Crippen molar-refractivity contribution in [2.45, 2.75) is 59.3 Å². The van der Waals surface area contributed by atoms with Gasteiger partial charge < -0.3 is 10.1 Å². The van der Waals surface area contributed by atoms with E-state index >= 15 is 0 Å². The average Bonchev–Trinajstić information content (AvgIpc) is 2.96. The van der Waals surface area contributed by atoms with Crippen LogP contribution in [0.25, 0.3) is 10.9 Å². The second-order valence-corrected chi connectivity index (χ2v) is 7.81. The number of amides is 1. The first-order chi connectivity index (χ1) is 12.6. The number of aryl methyl sites for hydroxylation is 1.